The van der Waals surface area contributed by atoms with Gasteiger partial charge in [-0.3, -0.25) is 9.36 Å². The van der Waals surface area contributed by atoms with Gasteiger partial charge in [-0.05, 0) is 48.9 Å². The smallest absolute Gasteiger partial charge is 0.357 e. The van der Waals surface area contributed by atoms with Crippen molar-refractivity contribution in [2.75, 3.05) is 6.26 Å². The third-order valence-corrected chi connectivity index (χ3v) is 5.41. The van der Waals surface area contributed by atoms with E-state index in [2.05, 4.69) is 10.3 Å². The first kappa shape index (κ1) is 20.1. The summed E-state index contributed by atoms with van der Waals surface area (Å²) in [4.78, 5) is 30.1. The summed E-state index contributed by atoms with van der Waals surface area (Å²) in [6, 6.07) is 9.50. The number of nitrogens with zero attached hydrogens (tertiary/aromatic N) is 2. The number of ether oxygens (including phenoxy) is 1. The molecule has 0 unspecified atom stereocenters. The van der Waals surface area contributed by atoms with Crippen LogP contribution in [0.15, 0.2) is 53.1 Å². The Morgan fingerprint density at radius 1 is 1.32 bits per heavy atom. The molecule has 9 heteroatoms. The number of rotatable bonds is 7. The van der Waals surface area contributed by atoms with Gasteiger partial charge in [-0.25, -0.2) is 14.2 Å². The van der Waals surface area contributed by atoms with Gasteiger partial charge in [0, 0.05) is 10.6 Å². The molecule has 0 spiro atoms. The van der Waals surface area contributed by atoms with Gasteiger partial charge in [-0.15, -0.1) is 11.3 Å². The second-order valence-corrected chi connectivity index (χ2v) is 7.59. The second-order valence-electron chi connectivity index (χ2n) is 5.79. The third kappa shape index (κ3) is 4.60. The molecule has 2 aromatic heterocycles. The maximum atomic E-state index is 13.2. The standard InChI is InChI=1S/C19H18FN3O3S2/c1-12(17(24)21-10-15-4-3-9-28-15)26-18(25)16-11-22-19(27-2)23(16)14-7-5-13(20)6-8-14/h3-9,11-12H,10H2,1-2H3,(H,21,24)/t12-/m1/s1. The quantitative estimate of drug-likeness (QED) is 0.467. The molecular weight excluding hydrogens is 401 g/mol. The molecule has 0 aliphatic carbocycles. The molecule has 3 rings (SSSR count). The first-order valence-corrected chi connectivity index (χ1v) is 10.5. The summed E-state index contributed by atoms with van der Waals surface area (Å²) in [5, 5.41) is 5.21. The highest BCUT2D eigenvalue weighted by Crippen LogP contribution is 2.23. The fourth-order valence-electron chi connectivity index (χ4n) is 2.47. The molecule has 6 nitrogen and oxygen atoms in total. The lowest BCUT2D eigenvalue weighted by Crippen LogP contribution is -2.35. The molecule has 1 N–H and O–H groups in total. The molecular formula is C19H18FN3O3S2. The van der Waals surface area contributed by atoms with Crippen LogP contribution in [0.4, 0.5) is 4.39 Å². The van der Waals surface area contributed by atoms with Gasteiger partial charge in [0.05, 0.1) is 12.7 Å². The van der Waals surface area contributed by atoms with E-state index >= 15 is 0 Å². The average molecular weight is 420 g/mol. The summed E-state index contributed by atoms with van der Waals surface area (Å²) >= 11 is 2.87. The van der Waals surface area contributed by atoms with Crippen molar-refractivity contribution in [2.45, 2.75) is 24.7 Å². The number of nitrogens with one attached hydrogen (secondary N) is 1. The number of amides is 1. The zero-order valence-corrected chi connectivity index (χ0v) is 16.8. The maximum Gasteiger partial charge on any atom is 0.357 e. The van der Waals surface area contributed by atoms with Crippen molar-refractivity contribution in [2.24, 2.45) is 0 Å². The first-order chi connectivity index (χ1) is 13.5. The van der Waals surface area contributed by atoms with Gasteiger partial charge in [0.25, 0.3) is 5.91 Å². The van der Waals surface area contributed by atoms with Gasteiger partial charge < -0.3 is 10.1 Å². The summed E-state index contributed by atoms with van der Waals surface area (Å²) < 4.78 is 20.1. The highest BCUT2D eigenvalue weighted by atomic mass is 32.2. The Balaban J connectivity index is 1.72. The van der Waals surface area contributed by atoms with Crippen LogP contribution in [0.1, 0.15) is 22.3 Å². The minimum absolute atomic E-state index is 0.161. The Labute approximate surface area is 169 Å². The zero-order valence-electron chi connectivity index (χ0n) is 15.2. The number of carbonyl (C=O) groups is 2. The van der Waals surface area contributed by atoms with Crippen molar-refractivity contribution in [1.82, 2.24) is 14.9 Å². The van der Waals surface area contributed by atoms with Crippen molar-refractivity contribution in [1.29, 1.82) is 0 Å². The second kappa shape index (κ2) is 9.03. The Hall–Kier alpha value is -2.65. The number of aromatic nitrogens is 2. The number of benzene rings is 1. The van der Waals surface area contributed by atoms with Gasteiger partial charge in [0.2, 0.25) is 0 Å². The number of halogens is 1. The largest absolute Gasteiger partial charge is 0.448 e. The lowest BCUT2D eigenvalue weighted by atomic mass is 10.3. The van der Waals surface area contributed by atoms with Crippen molar-refractivity contribution in [3.63, 3.8) is 0 Å². The van der Waals surface area contributed by atoms with Gasteiger partial charge in [-0.1, -0.05) is 17.8 Å². The van der Waals surface area contributed by atoms with E-state index in [1.54, 1.807) is 16.7 Å². The Kier molecular flexibility index (Phi) is 6.48. The van der Waals surface area contributed by atoms with Crippen LogP contribution in [0.5, 0.6) is 0 Å². The van der Waals surface area contributed by atoms with Crippen molar-refractivity contribution >= 4 is 35.0 Å². The summed E-state index contributed by atoms with van der Waals surface area (Å²) in [5.41, 5.74) is 0.735. The van der Waals surface area contributed by atoms with E-state index in [-0.39, 0.29) is 17.4 Å². The van der Waals surface area contributed by atoms with Gasteiger partial charge in [0.1, 0.15) is 5.82 Å². The molecule has 1 amide bonds. The summed E-state index contributed by atoms with van der Waals surface area (Å²) in [6.45, 7) is 1.89. The molecule has 0 saturated carbocycles. The van der Waals surface area contributed by atoms with Crippen molar-refractivity contribution in [3.8, 4) is 5.69 Å². The fourth-order valence-corrected chi connectivity index (χ4v) is 3.66. The average Bonchev–Trinajstić information content (AvgIpc) is 3.36. The molecule has 2 heterocycles. The molecule has 0 aliphatic rings. The molecule has 146 valence electrons. The highest BCUT2D eigenvalue weighted by molar-refractivity contribution is 7.98. The van der Waals surface area contributed by atoms with E-state index in [4.69, 9.17) is 4.74 Å². The molecule has 0 fully saturated rings. The highest BCUT2D eigenvalue weighted by Gasteiger charge is 2.23. The number of thiophene rings is 1. The van der Waals surface area contributed by atoms with Gasteiger partial charge in [-0.2, -0.15) is 0 Å². The topological polar surface area (TPSA) is 73.2 Å². The number of thioether (sulfide) groups is 1. The Morgan fingerprint density at radius 3 is 2.71 bits per heavy atom. The molecule has 1 atom stereocenters. The van der Waals surface area contributed by atoms with E-state index in [1.165, 1.54) is 48.4 Å². The predicted molar refractivity (Wildman–Crippen MR) is 106 cm³/mol. The Morgan fingerprint density at radius 2 is 2.07 bits per heavy atom. The third-order valence-electron chi connectivity index (χ3n) is 3.88. The minimum atomic E-state index is -0.971. The molecule has 3 aromatic rings. The Bertz CT molecular complexity index is 955. The van der Waals surface area contributed by atoms with Crippen LogP contribution in [-0.4, -0.2) is 33.8 Å². The van der Waals surface area contributed by atoms with Crippen molar-refractivity contribution < 1.29 is 18.7 Å². The summed E-state index contributed by atoms with van der Waals surface area (Å²) in [7, 11) is 0. The molecule has 0 radical (unpaired) electrons. The van der Waals surface area contributed by atoms with E-state index in [0.29, 0.717) is 17.4 Å². The monoisotopic (exact) mass is 419 g/mol. The van der Waals surface area contributed by atoms with Crippen LogP contribution in [0.2, 0.25) is 0 Å². The fraction of sp³-hybridized carbons (Fsp3) is 0.211. The normalized spacial score (nSPS) is 11.8. The van der Waals surface area contributed by atoms with Gasteiger partial charge in [0.15, 0.2) is 17.0 Å². The lowest BCUT2D eigenvalue weighted by molar-refractivity contribution is -0.129. The minimum Gasteiger partial charge on any atom is -0.448 e. The summed E-state index contributed by atoms with van der Waals surface area (Å²) in [5.74, 6) is -1.45. The van der Waals surface area contributed by atoms with Crippen LogP contribution in [0, 0.1) is 5.82 Å². The SMILES string of the molecule is CSc1ncc(C(=O)O[C@H](C)C(=O)NCc2cccs2)n1-c1ccc(F)cc1. The van der Waals surface area contributed by atoms with Crippen LogP contribution in [0.3, 0.4) is 0 Å². The molecule has 1 aromatic carbocycles. The summed E-state index contributed by atoms with van der Waals surface area (Å²) in [6.07, 6.45) is 2.23. The van der Waals surface area contributed by atoms with Crippen LogP contribution in [-0.2, 0) is 16.1 Å². The maximum absolute atomic E-state index is 13.2. The van der Waals surface area contributed by atoms with E-state index in [9.17, 15) is 14.0 Å². The lowest BCUT2D eigenvalue weighted by Gasteiger charge is -2.15. The number of carbonyl (C=O) groups excluding carboxylic acids is 2. The first-order valence-electron chi connectivity index (χ1n) is 8.38. The van der Waals surface area contributed by atoms with E-state index in [1.807, 2.05) is 23.8 Å². The zero-order chi connectivity index (χ0) is 20.1. The molecule has 0 saturated heterocycles. The van der Waals surface area contributed by atoms with E-state index < -0.39 is 12.1 Å². The van der Waals surface area contributed by atoms with Crippen LogP contribution >= 0.6 is 23.1 Å². The van der Waals surface area contributed by atoms with Crippen LogP contribution in [0.25, 0.3) is 5.69 Å². The number of hydrogen-bond acceptors (Lipinski definition) is 6. The number of hydrogen-bond donors (Lipinski definition) is 1. The number of esters is 1. The van der Waals surface area contributed by atoms with E-state index in [0.717, 1.165) is 4.88 Å². The molecule has 28 heavy (non-hydrogen) atoms. The van der Waals surface area contributed by atoms with Crippen LogP contribution < -0.4 is 5.32 Å². The van der Waals surface area contributed by atoms with Gasteiger partial charge >= 0.3 is 5.97 Å². The molecule has 0 aliphatic heterocycles. The predicted octanol–water partition coefficient (Wildman–Crippen LogP) is 3.66. The number of imidazole rings is 1. The van der Waals surface area contributed by atoms with Crippen molar-refractivity contribution in [3.05, 3.63) is 64.4 Å². The molecule has 0 bridgehead atoms.